The Morgan fingerprint density at radius 1 is 1.41 bits per heavy atom. The van der Waals surface area contributed by atoms with Gasteiger partial charge in [-0.05, 0) is 30.9 Å². The summed E-state index contributed by atoms with van der Waals surface area (Å²) < 4.78 is 2.27. The highest BCUT2D eigenvalue weighted by Crippen LogP contribution is 2.29. The molecule has 3 rings (SSSR count). The van der Waals surface area contributed by atoms with Gasteiger partial charge < -0.3 is 4.57 Å². The molecule has 1 aliphatic carbocycles. The molecular weight excluding hydrogens is 234 g/mol. The lowest BCUT2D eigenvalue weighted by molar-refractivity contribution is 0.276. The molecule has 0 N–H and O–H groups in total. The number of halogens is 1. The lowest BCUT2D eigenvalue weighted by atomic mass is 9.85. The van der Waals surface area contributed by atoms with Crippen LogP contribution < -0.4 is 0 Å². The topological polar surface area (TPSA) is 30.7 Å². The van der Waals surface area contributed by atoms with Crippen LogP contribution >= 0.6 is 11.6 Å². The van der Waals surface area contributed by atoms with Crippen LogP contribution in [0.2, 0.25) is 0 Å². The maximum Gasteiger partial charge on any atom is 0.159 e. The molecule has 0 atom stereocenters. The molecule has 4 heteroatoms. The van der Waals surface area contributed by atoms with Crippen LogP contribution in [0.4, 0.5) is 0 Å². The van der Waals surface area contributed by atoms with Gasteiger partial charge in [-0.25, -0.2) is 9.97 Å². The Kier molecular flexibility index (Phi) is 3.02. The summed E-state index contributed by atoms with van der Waals surface area (Å²) >= 11 is 5.85. The molecule has 90 valence electrons. The third kappa shape index (κ3) is 2.04. The van der Waals surface area contributed by atoms with E-state index in [4.69, 9.17) is 11.6 Å². The van der Waals surface area contributed by atoms with E-state index < -0.39 is 0 Å². The largest absolute Gasteiger partial charge is 0.312 e. The molecule has 0 amide bonds. The molecule has 1 fully saturated rings. The zero-order chi connectivity index (χ0) is 11.7. The fraction of sp³-hybridized carbons (Fsp3) is 0.538. The highest BCUT2D eigenvalue weighted by Gasteiger charge is 2.21. The first-order valence-corrected chi connectivity index (χ1v) is 6.78. The van der Waals surface area contributed by atoms with Gasteiger partial charge in [0.2, 0.25) is 0 Å². The maximum absolute atomic E-state index is 5.85. The molecular formula is C13H16ClN3. The van der Waals surface area contributed by atoms with Crippen LogP contribution in [0.1, 0.15) is 25.1 Å². The number of fused-ring (bicyclic) bond motifs is 1. The van der Waals surface area contributed by atoms with Crippen molar-refractivity contribution in [3.05, 3.63) is 24.2 Å². The minimum absolute atomic E-state index is 0.619. The number of imidazole rings is 1. The Morgan fingerprint density at radius 2 is 2.29 bits per heavy atom. The second kappa shape index (κ2) is 4.65. The van der Waals surface area contributed by atoms with Gasteiger partial charge in [-0.1, -0.05) is 6.42 Å². The smallest absolute Gasteiger partial charge is 0.159 e. The minimum Gasteiger partial charge on any atom is -0.312 e. The second-order valence-corrected chi connectivity index (χ2v) is 5.10. The minimum atomic E-state index is 0.619. The van der Waals surface area contributed by atoms with Gasteiger partial charge in [-0.2, -0.15) is 0 Å². The molecule has 17 heavy (non-hydrogen) atoms. The van der Waals surface area contributed by atoms with E-state index in [2.05, 4.69) is 14.5 Å². The maximum atomic E-state index is 5.85. The second-order valence-electron chi connectivity index (χ2n) is 4.72. The summed E-state index contributed by atoms with van der Waals surface area (Å²) in [5.74, 6) is 2.51. The summed E-state index contributed by atoms with van der Waals surface area (Å²) in [6.45, 7) is 1.06. The van der Waals surface area contributed by atoms with E-state index in [1.807, 2.05) is 18.3 Å². The van der Waals surface area contributed by atoms with Crippen molar-refractivity contribution in [2.24, 2.45) is 5.92 Å². The van der Waals surface area contributed by atoms with Crippen LogP contribution in [-0.4, -0.2) is 20.4 Å². The van der Waals surface area contributed by atoms with Crippen LogP contribution in [0, 0.1) is 5.92 Å². The molecule has 0 unspecified atom stereocenters. The van der Waals surface area contributed by atoms with E-state index in [1.165, 1.54) is 19.3 Å². The number of aromatic nitrogens is 3. The third-order valence-electron chi connectivity index (χ3n) is 3.57. The van der Waals surface area contributed by atoms with E-state index in [1.54, 1.807) is 0 Å². The van der Waals surface area contributed by atoms with E-state index in [9.17, 15) is 0 Å². The van der Waals surface area contributed by atoms with Crippen molar-refractivity contribution in [3.63, 3.8) is 0 Å². The normalized spacial score (nSPS) is 16.3. The molecule has 1 saturated carbocycles. The van der Waals surface area contributed by atoms with Crippen molar-refractivity contribution in [1.82, 2.24) is 14.5 Å². The number of rotatable bonds is 4. The predicted molar refractivity (Wildman–Crippen MR) is 69.3 cm³/mol. The molecule has 0 aliphatic heterocycles. The van der Waals surface area contributed by atoms with Crippen LogP contribution in [0.15, 0.2) is 18.3 Å². The van der Waals surface area contributed by atoms with Gasteiger partial charge in [0.15, 0.2) is 5.65 Å². The monoisotopic (exact) mass is 249 g/mol. The van der Waals surface area contributed by atoms with Crippen molar-refractivity contribution in [2.45, 2.75) is 32.2 Å². The quantitative estimate of drug-likeness (QED) is 0.780. The number of aryl methyl sites for hydroxylation is 1. The van der Waals surface area contributed by atoms with Crippen molar-refractivity contribution in [1.29, 1.82) is 0 Å². The Balaban J connectivity index is 2.00. The molecule has 1 aliphatic rings. The third-order valence-corrected chi connectivity index (χ3v) is 3.76. The lowest BCUT2D eigenvalue weighted by Crippen LogP contribution is -2.19. The van der Waals surface area contributed by atoms with Gasteiger partial charge >= 0.3 is 0 Å². The number of alkyl halides is 1. The van der Waals surface area contributed by atoms with Crippen molar-refractivity contribution in [2.75, 3.05) is 5.88 Å². The van der Waals surface area contributed by atoms with Gasteiger partial charge in [-0.15, -0.1) is 11.6 Å². The summed E-state index contributed by atoms with van der Waals surface area (Å²) in [6, 6.07) is 3.96. The lowest BCUT2D eigenvalue weighted by Gasteiger charge is -2.26. The zero-order valence-electron chi connectivity index (χ0n) is 9.77. The Morgan fingerprint density at radius 3 is 3.00 bits per heavy atom. The standard InChI is InChI=1S/C13H16ClN3/c14-7-6-12-16-11-5-2-8-15-13(11)17(12)9-10-3-1-4-10/h2,5,8,10H,1,3-4,6-7,9H2. The van der Waals surface area contributed by atoms with Gasteiger partial charge in [-0.3, -0.25) is 0 Å². The first-order valence-electron chi connectivity index (χ1n) is 6.24. The van der Waals surface area contributed by atoms with Crippen molar-refractivity contribution in [3.8, 4) is 0 Å². The van der Waals surface area contributed by atoms with Crippen LogP contribution in [-0.2, 0) is 13.0 Å². The van der Waals surface area contributed by atoms with Crippen LogP contribution in [0.25, 0.3) is 11.2 Å². The summed E-state index contributed by atoms with van der Waals surface area (Å²) in [6.07, 6.45) is 6.71. The van der Waals surface area contributed by atoms with Gasteiger partial charge in [0.05, 0.1) is 0 Å². The summed E-state index contributed by atoms with van der Waals surface area (Å²) in [5.41, 5.74) is 2.01. The SMILES string of the molecule is ClCCc1nc2cccnc2n1CC1CCC1. The Labute approximate surface area is 106 Å². The molecule has 0 radical (unpaired) electrons. The molecule has 2 heterocycles. The van der Waals surface area contributed by atoms with E-state index >= 15 is 0 Å². The van der Waals surface area contributed by atoms with E-state index in [-0.39, 0.29) is 0 Å². The van der Waals surface area contributed by atoms with Gasteiger partial charge in [0.25, 0.3) is 0 Å². The first-order chi connectivity index (χ1) is 8.38. The number of hydrogen-bond acceptors (Lipinski definition) is 2. The predicted octanol–water partition coefficient (Wildman–Crippen LogP) is 3.01. The number of pyridine rings is 1. The fourth-order valence-electron chi connectivity index (χ4n) is 2.41. The van der Waals surface area contributed by atoms with Gasteiger partial charge in [0.1, 0.15) is 11.3 Å². The Bertz CT molecular complexity index is 516. The summed E-state index contributed by atoms with van der Waals surface area (Å²) in [4.78, 5) is 9.08. The van der Waals surface area contributed by atoms with Gasteiger partial charge in [0, 0.05) is 25.0 Å². The van der Waals surface area contributed by atoms with E-state index in [0.717, 1.165) is 35.9 Å². The summed E-state index contributed by atoms with van der Waals surface area (Å²) in [5, 5.41) is 0. The first kappa shape index (κ1) is 11.0. The molecule has 0 spiro atoms. The zero-order valence-corrected chi connectivity index (χ0v) is 10.5. The van der Waals surface area contributed by atoms with Crippen molar-refractivity contribution >= 4 is 22.8 Å². The highest BCUT2D eigenvalue weighted by atomic mass is 35.5. The number of hydrogen-bond donors (Lipinski definition) is 0. The molecule has 0 saturated heterocycles. The van der Waals surface area contributed by atoms with E-state index in [0.29, 0.717) is 5.88 Å². The van der Waals surface area contributed by atoms with Crippen molar-refractivity contribution < 1.29 is 0 Å². The molecule has 2 aromatic rings. The molecule has 2 aromatic heterocycles. The molecule has 0 aromatic carbocycles. The fourth-order valence-corrected chi connectivity index (χ4v) is 2.58. The number of nitrogens with zero attached hydrogens (tertiary/aromatic N) is 3. The van der Waals surface area contributed by atoms with Crippen LogP contribution in [0.5, 0.6) is 0 Å². The molecule has 0 bridgehead atoms. The average Bonchev–Trinajstić information content (AvgIpc) is 2.62. The average molecular weight is 250 g/mol. The van der Waals surface area contributed by atoms with Crippen LogP contribution in [0.3, 0.4) is 0 Å². The highest BCUT2D eigenvalue weighted by molar-refractivity contribution is 6.17. The Hall–Kier alpha value is -1.09. The summed E-state index contributed by atoms with van der Waals surface area (Å²) in [7, 11) is 0. The molecule has 3 nitrogen and oxygen atoms in total.